The maximum atomic E-state index is 12.5. The van der Waals surface area contributed by atoms with Gasteiger partial charge in [-0.1, -0.05) is 0 Å². The van der Waals surface area contributed by atoms with Gasteiger partial charge in [0.1, 0.15) is 6.29 Å². The van der Waals surface area contributed by atoms with Crippen LogP contribution in [-0.2, 0) is 0 Å². The Hall–Kier alpha value is -4.53. The first kappa shape index (κ1) is 20.2. The number of nitrogens with two attached hydrogens (primary N) is 4. The molecule has 3 rings (SSSR count). The molecule has 0 unspecified atom stereocenters. The number of carbonyl (C=O) groups excluding carboxylic acids is 3. The van der Waals surface area contributed by atoms with E-state index in [1.807, 2.05) is 0 Å². The molecule has 9 heteroatoms. The molecular formula is C21H20N6O3. The Balaban J connectivity index is 1.85. The van der Waals surface area contributed by atoms with Crippen molar-refractivity contribution in [1.29, 1.82) is 0 Å². The fourth-order valence-electron chi connectivity index (χ4n) is 2.89. The van der Waals surface area contributed by atoms with E-state index in [0.29, 0.717) is 40.4 Å². The van der Waals surface area contributed by atoms with Crippen molar-refractivity contribution >= 4 is 52.2 Å². The van der Waals surface area contributed by atoms with E-state index in [1.165, 1.54) is 54.6 Å². The predicted molar refractivity (Wildman–Crippen MR) is 118 cm³/mol. The monoisotopic (exact) mass is 404 g/mol. The van der Waals surface area contributed by atoms with Crippen molar-refractivity contribution in [2.24, 2.45) is 0 Å². The number of nitrogens with one attached hydrogen (secondary N) is 2. The van der Waals surface area contributed by atoms with Gasteiger partial charge in [-0.05, 0) is 54.6 Å². The van der Waals surface area contributed by atoms with Crippen LogP contribution in [0.2, 0.25) is 0 Å². The molecule has 30 heavy (non-hydrogen) atoms. The number of nitrogen functional groups attached to an aromatic ring is 4. The number of amides is 2. The van der Waals surface area contributed by atoms with E-state index in [2.05, 4.69) is 10.6 Å². The molecule has 2 amide bonds. The quantitative estimate of drug-likeness (QED) is 0.279. The van der Waals surface area contributed by atoms with Crippen LogP contribution in [0.1, 0.15) is 31.1 Å². The van der Waals surface area contributed by atoms with Gasteiger partial charge in [-0.3, -0.25) is 14.4 Å². The highest BCUT2D eigenvalue weighted by atomic mass is 16.2. The summed E-state index contributed by atoms with van der Waals surface area (Å²) >= 11 is 0. The second kappa shape index (κ2) is 8.23. The molecule has 0 aliphatic rings. The zero-order chi connectivity index (χ0) is 21.8. The van der Waals surface area contributed by atoms with Gasteiger partial charge in [0.25, 0.3) is 11.8 Å². The van der Waals surface area contributed by atoms with Crippen LogP contribution in [0, 0.1) is 0 Å². The lowest BCUT2D eigenvalue weighted by molar-refractivity contribution is 0.101. The molecule has 0 bridgehead atoms. The molecular weight excluding hydrogens is 384 g/mol. The minimum absolute atomic E-state index is 0.252. The van der Waals surface area contributed by atoms with E-state index in [9.17, 15) is 14.4 Å². The summed E-state index contributed by atoms with van der Waals surface area (Å²) < 4.78 is 0. The molecule has 9 nitrogen and oxygen atoms in total. The number of aldehydes is 1. The average molecular weight is 404 g/mol. The van der Waals surface area contributed by atoms with Crippen molar-refractivity contribution in [3.8, 4) is 0 Å². The van der Waals surface area contributed by atoms with Crippen LogP contribution in [0.3, 0.4) is 0 Å². The van der Waals surface area contributed by atoms with E-state index >= 15 is 0 Å². The molecule has 0 radical (unpaired) electrons. The van der Waals surface area contributed by atoms with E-state index in [1.54, 1.807) is 0 Å². The average Bonchev–Trinajstić information content (AvgIpc) is 2.66. The van der Waals surface area contributed by atoms with Gasteiger partial charge < -0.3 is 33.6 Å². The van der Waals surface area contributed by atoms with Gasteiger partial charge in [-0.15, -0.1) is 0 Å². The van der Waals surface area contributed by atoms with Gasteiger partial charge in [0, 0.05) is 50.8 Å². The third-order valence-corrected chi connectivity index (χ3v) is 4.09. The summed E-state index contributed by atoms with van der Waals surface area (Å²) in [6, 6.07) is 13.4. The molecule has 152 valence electrons. The number of benzene rings is 3. The first-order chi connectivity index (χ1) is 14.2. The maximum absolute atomic E-state index is 12.5. The predicted octanol–water partition coefficient (Wildman–Crippen LogP) is 2.33. The number of anilines is 6. The maximum Gasteiger partial charge on any atom is 0.255 e. The van der Waals surface area contributed by atoms with Crippen LogP contribution in [0.4, 0.5) is 34.1 Å². The Morgan fingerprint density at radius 1 is 0.600 bits per heavy atom. The molecule has 0 spiro atoms. The largest absolute Gasteiger partial charge is 0.399 e. The molecule has 3 aromatic rings. The molecule has 0 fully saturated rings. The van der Waals surface area contributed by atoms with Gasteiger partial charge >= 0.3 is 0 Å². The third-order valence-electron chi connectivity index (χ3n) is 4.09. The zero-order valence-electron chi connectivity index (χ0n) is 15.8. The van der Waals surface area contributed by atoms with E-state index in [-0.39, 0.29) is 16.7 Å². The summed E-state index contributed by atoms with van der Waals surface area (Å²) in [5, 5.41) is 5.32. The fourth-order valence-corrected chi connectivity index (χ4v) is 2.89. The first-order valence-electron chi connectivity index (χ1n) is 8.78. The lowest BCUT2D eigenvalue weighted by Crippen LogP contribution is -2.15. The first-order valence-corrected chi connectivity index (χ1v) is 8.78. The highest BCUT2D eigenvalue weighted by Gasteiger charge is 2.12. The van der Waals surface area contributed by atoms with Crippen molar-refractivity contribution in [3.05, 3.63) is 71.3 Å². The number of hydrogen-bond acceptors (Lipinski definition) is 7. The van der Waals surface area contributed by atoms with Gasteiger partial charge in [-0.2, -0.15) is 0 Å². The van der Waals surface area contributed by atoms with E-state index in [4.69, 9.17) is 22.9 Å². The van der Waals surface area contributed by atoms with Gasteiger partial charge in [0.15, 0.2) is 0 Å². The Morgan fingerprint density at radius 3 is 1.30 bits per heavy atom. The lowest BCUT2D eigenvalue weighted by Gasteiger charge is -2.11. The summed E-state index contributed by atoms with van der Waals surface area (Å²) in [6.07, 6.45) is 0.600. The van der Waals surface area contributed by atoms with Crippen molar-refractivity contribution in [3.63, 3.8) is 0 Å². The molecule has 0 heterocycles. The number of hydrogen-bond donors (Lipinski definition) is 6. The minimum atomic E-state index is -0.474. The van der Waals surface area contributed by atoms with Crippen LogP contribution in [0.15, 0.2) is 54.6 Å². The van der Waals surface area contributed by atoms with Crippen molar-refractivity contribution in [1.82, 2.24) is 0 Å². The lowest BCUT2D eigenvalue weighted by atomic mass is 10.1. The highest BCUT2D eigenvalue weighted by Crippen LogP contribution is 2.22. The topological polar surface area (TPSA) is 179 Å². The van der Waals surface area contributed by atoms with E-state index in [0.717, 1.165) is 0 Å². The standard InChI is InChI=1S/C21H20N6O3/c22-14-3-12(4-15(23)7-14)20(29)26-18-1-11(10-28)2-19(9-18)27-21(30)13-5-16(24)8-17(25)6-13/h1-10H,22-25H2,(H,26,29)(H,27,30). The molecule has 0 aromatic heterocycles. The van der Waals surface area contributed by atoms with Crippen LogP contribution in [-0.4, -0.2) is 18.1 Å². The van der Waals surface area contributed by atoms with E-state index < -0.39 is 11.8 Å². The number of rotatable bonds is 5. The molecule has 0 saturated carbocycles. The third kappa shape index (κ3) is 4.84. The molecule has 0 saturated heterocycles. The van der Waals surface area contributed by atoms with Crippen molar-refractivity contribution in [2.45, 2.75) is 0 Å². The second-order valence-corrected chi connectivity index (χ2v) is 6.65. The summed E-state index contributed by atoms with van der Waals surface area (Å²) in [5.74, 6) is -0.948. The Labute approximate surface area is 172 Å². The van der Waals surface area contributed by atoms with Crippen molar-refractivity contribution in [2.75, 3.05) is 33.6 Å². The Morgan fingerprint density at radius 2 is 0.967 bits per heavy atom. The smallest absolute Gasteiger partial charge is 0.255 e. The summed E-state index contributed by atoms with van der Waals surface area (Å²) in [7, 11) is 0. The SMILES string of the molecule is Nc1cc(N)cc(C(=O)Nc2cc(C=O)cc(NC(=O)c3cc(N)cc(N)c3)c2)c1. The normalized spacial score (nSPS) is 10.3. The Kier molecular flexibility index (Phi) is 5.54. The molecule has 0 aliphatic heterocycles. The highest BCUT2D eigenvalue weighted by molar-refractivity contribution is 6.08. The van der Waals surface area contributed by atoms with Gasteiger partial charge in [0.2, 0.25) is 0 Å². The summed E-state index contributed by atoms with van der Waals surface area (Å²) in [6.45, 7) is 0. The van der Waals surface area contributed by atoms with Crippen LogP contribution in [0.5, 0.6) is 0 Å². The fraction of sp³-hybridized carbons (Fsp3) is 0. The molecule has 0 aliphatic carbocycles. The van der Waals surface area contributed by atoms with Crippen LogP contribution in [0.25, 0.3) is 0 Å². The summed E-state index contributed by atoms with van der Waals surface area (Å²) in [4.78, 5) is 36.4. The second-order valence-electron chi connectivity index (χ2n) is 6.65. The Bertz CT molecular complexity index is 1040. The van der Waals surface area contributed by atoms with Gasteiger partial charge in [0.05, 0.1) is 0 Å². The van der Waals surface area contributed by atoms with Gasteiger partial charge in [-0.25, -0.2) is 0 Å². The molecule has 3 aromatic carbocycles. The zero-order valence-corrected chi connectivity index (χ0v) is 15.8. The molecule has 0 atom stereocenters. The van der Waals surface area contributed by atoms with Crippen LogP contribution >= 0.6 is 0 Å². The number of carbonyl (C=O) groups is 3. The van der Waals surface area contributed by atoms with Crippen LogP contribution < -0.4 is 33.6 Å². The van der Waals surface area contributed by atoms with Crippen molar-refractivity contribution < 1.29 is 14.4 Å². The summed E-state index contributed by atoms with van der Waals surface area (Å²) in [5.41, 5.74) is 25.6. The molecule has 10 N–H and O–H groups in total. The minimum Gasteiger partial charge on any atom is -0.399 e.